The number of nitrogens with two attached hydrogens (primary N) is 1. The molecule has 108 valence electrons. The molecule has 7 heteroatoms. The Balaban J connectivity index is 2.27. The highest BCUT2D eigenvalue weighted by Crippen LogP contribution is 2.34. The summed E-state index contributed by atoms with van der Waals surface area (Å²) in [5.74, 6) is 0.248. The summed E-state index contributed by atoms with van der Waals surface area (Å²) in [6.45, 7) is 2.39. The van der Waals surface area contributed by atoms with E-state index in [4.69, 9.17) is 5.73 Å². The van der Waals surface area contributed by atoms with Crippen LogP contribution in [0.15, 0.2) is 17.3 Å². The summed E-state index contributed by atoms with van der Waals surface area (Å²) < 4.78 is 29.1. The molecule has 1 fully saturated rings. The standard InChI is InChI=1S/C12H22N4O2S/c1-10-5-3-4-6-12(10,9-13)15-19(17,18)11-7-14-16(2)8-11/h7-8,10,15H,3-6,9,13H2,1-2H3. The zero-order valence-corrected chi connectivity index (χ0v) is 12.3. The summed E-state index contributed by atoms with van der Waals surface area (Å²) in [6.07, 6.45) is 6.81. The minimum Gasteiger partial charge on any atom is -0.329 e. The Morgan fingerprint density at radius 1 is 1.58 bits per heavy atom. The van der Waals surface area contributed by atoms with Gasteiger partial charge in [-0.3, -0.25) is 4.68 Å². The summed E-state index contributed by atoms with van der Waals surface area (Å²) >= 11 is 0. The Morgan fingerprint density at radius 2 is 2.32 bits per heavy atom. The lowest BCUT2D eigenvalue weighted by Gasteiger charge is -2.42. The Kier molecular flexibility index (Phi) is 3.98. The summed E-state index contributed by atoms with van der Waals surface area (Å²) in [4.78, 5) is 0.195. The van der Waals surface area contributed by atoms with Crippen molar-refractivity contribution in [3.63, 3.8) is 0 Å². The maximum atomic E-state index is 12.4. The second-order valence-corrected chi connectivity index (χ2v) is 7.14. The van der Waals surface area contributed by atoms with Gasteiger partial charge in [-0.05, 0) is 18.8 Å². The molecule has 2 atom stereocenters. The SMILES string of the molecule is CC1CCCCC1(CN)NS(=O)(=O)c1cnn(C)c1. The van der Waals surface area contributed by atoms with E-state index in [0.717, 1.165) is 25.7 Å². The molecule has 0 saturated heterocycles. The normalized spacial score (nSPS) is 28.5. The van der Waals surface area contributed by atoms with Gasteiger partial charge in [-0.25, -0.2) is 13.1 Å². The number of sulfonamides is 1. The molecule has 0 amide bonds. The van der Waals surface area contributed by atoms with Gasteiger partial charge in [0.05, 0.1) is 6.20 Å². The fourth-order valence-electron chi connectivity index (χ4n) is 2.77. The minimum atomic E-state index is -3.56. The molecule has 1 saturated carbocycles. The Labute approximate surface area is 114 Å². The van der Waals surface area contributed by atoms with Gasteiger partial charge in [-0.2, -0.15) is 5.10 Å². The zero-order valence-electron chi connectivity index (χ0n) is 11.5. The third-order valence-electron chi connectivity index (χ3n) is 4.15. The van der Waals surface area contributed by atoms with Crippen molar-refractivity contribution in [2.45, 2.75) is 43.0 Å². The largest absolute Gasteiger partial charge is 0.329 e. The van der Waals surface area contributed by atoms with E-state index in [1.807, 2.05) is 0 Å². The van der Waals surface area contributed by atoms with Crippen LogP contribution in [0.2, 0.25) is 0 Å². The van der Waals surface area contributed by atoms with Crippen LogP contribution in [0.5, 0.6) is 0 Å². The summed E-state index contributed by atoms with van der Waals surface area (Å²) in [6, 6.07) is 0. The Bertz CT molecular complexity index is 540. The Hall–Kier alpha value is -0.920. The van der Waals surface area contributed by atoms with Crippen LogP contribution in [0.1, 0.15) is 32.6 Å². The van der Waals surface area contributed by atoms with Crippen molar-refractivity contribution in [1.82, 2.24) is 14.5 Å². The fourth-order valence-corrected chi connectivity index (χ4v) is 4.29. The lowest BCUT2D eigenvalue weighted by molar-refractivity contribution is 0.191. The lowest BCUT2D eigenvalue weighted by Crippen LogP contribution is -2.58. The molecule has 0 aromatic carbocycles. The second-order valence-electron chi connectivity index (χ2n) is 5.46. The molecule has 19 heavy (non-hydrogen) atoms. The molecule has 1 aliphatic rings. The van der Waals surface area contributed by atoms with Gasteiger partial charge >= 0.3 is 0 Å². The van der Waals surface area contributed by atoms with Crippen molar-refractivity contribution < 1.29 is 8.42 Å². The minimum absolute atomic E-state index is 0.195. The maximum Gasteiger partial charge on any atom is 0.244 e. The van der Waals surface area contributed by atoms with Crippen LogP contribution in [0.25, 0.3) is 0 Å². The van der Waals surface area contributed by atoms with E-state index in [1.54, 1.807) is 7.05 Å². The molecule has 0 spiro atoms. The number of hydrogen-bond acceptors (Lipinski definition) is 4. The summed E-state index contributed by atoms with van der Waals surface area (Å²) in [7, 11) is -1.86. The van der Waals surface area contributed by atoms with Gasteiger partial charge in [0.25, 0.3) is 0 Å². The van der Waals surface area contributed by atoms with E-state index in [9.17, 15) is 8.42 Å². The quantitative estimate of drug-likeness (QED) is 0.848. The highest BCUT2D eigenvalue weighted by atomic mass is 32.2. The average Bonchev–Trinajstić information content (AvgIpc) is 2.80. The lowest BCUT2D eigenvalue weighted by atomic mass is 9.74. The molecule has 1 aromatic rings. The molecule has 0 radical (unpaired) electrons. The maximum absolute atomic E-state index is 12.4. The van der Waals surface area contributed by atoms with Crippen molar-refractivity contribution >= 4 is 10.0 Å². The molecule has 6 nitrogen and oxygen atoms in total. The second kappa shape index (κ2) is 5.22. The Morgan fingerprint density at radius 3 is 2.84 bits per heavy atom. The topological polar surface area (TPSA) is 90.0 Å². The first kappa shape index (κ1) is 14.5. The number of aryl methyl sites for hydroxylation is 1. The van der Waals surface area contributed by atoms with Crippen LogP contribution < -0.4 is 10.5 Å². The fraction of sp³-hybridized carbons (Fsp3) is 0.750. The molecular weight excluding hydrogens is 264 g/mol. The van der Waals surface area contributed by atoms with Gasteiger partial charge in [0.1, 0.15) is 4.90 Å². The van der Waals surface area contributed by atoms with Crippen LogP contribution in [0, 0.1) is 5.92 Å². The van der Waals surface area contributed by atoms with Gasteiger partial charge in [-0.1, -0.05) is 19.8 Å². The van der Waals surface area contributed by atoms with E-state index in [1.165, 1.54) is 17.1 Å². The van der Waals surface area contributed by atoms with Crippen molar-refractivity contribution in [2.24, 2.45) is 18.7 Å². The number of rotatable bonds is 4. The number of hydrogen-bond donors (Lipinski definition) is 2. The molecular formula is C12H22N4O2S. The first-order valence-corrected chi connectivity index (χ1v) is 8.11. The van der Waals surface area contributed by atoms with Crippen molar-refractivity contribution in [1.29, 1.82) is 0 Å². The average molecular weight is 286 g/mol. The van der Waals surface area contributed by atoms with Crippen molar-refractivity contribution in [3.05, 3.63) is 12.4 Å². The number of nitrogens with zero attached hydrogens (tertiary/aromatic N) is 2. The van der Waals surface area contributed by atoms with Gasteiger partial charge < -0.3 is 5.73 Å². The van der Waals surface area contributed by atoms with Gasteiger partial charge in [0.15, 0.2) is 0 Å². The summed E-state index contributed by atoms with van der Waals surface area (Å²) in [5.41, 5.74) is 5.35. The van der Waals surface area contributed by atoms with Crippen molar-refractivity contribution in [3.8, 4) is 0 Å². The molecule has 3 N–H and O–H groups in total. The van der Waals surface area contributed by atoms with E-state index in [2.05, 4.69) is 16.7 Å². The molecule has 2 unspecified atom stereocenters. The first-order chi connectivity index (χ1) is 8.89. The highest BCUT2D eigenvalue weighted by Gasteiger charge is 2.40. The van der Waals surface area contributed by atoms with E-state index < -0.39 is 15.6 Å². The van der Waals surface area contributed by atoms with E-state index in [-0.39, 0.29) is 10.8 Å². The third-order valence-corrected chi connectivity index (χ3v) is 5.65. The van der Waals surface area contributed by atoms with Crippen molar-refractivity contribution in [2.75, 3.05) is 6.54 Å². The molecule has 2 rings (SSSR count). The molecule has 0 aliphatic heterocycles. The molecule has 1 aromatic heterocycles. The zero-order chi connectivity index (χ0) is 14.1. The highest BCUT2D eigenvalue weighted by molar-refractivity contribution is 7.89. The molecule has 0 bridgehead atoms. The van der Waals surface area contributed by atoms with Crippen LogP contribution in [-0.4, -0.2) is 30.3 Å². The van der Waals surface area contributed by atoms with Crippen LogP contribution in [0.4, 0.5) is 0 Å². The number of aromatic nitrogens is 2. The monoisotopic (exact) mass is 286 g/mol. The smallest absolute Gasteiger partial charge is 0.244 e. The predicted octanol–water partition coefficient (Wildman–Crippen LogP) is 0.606. The van der Waals surface area contributed by atoms with Gasteiger partial charge in [0.2, 0.25) is 10.0 Å². The molecule has 1 aliphatic carbocycles. The third kappa shape index (κ3) is 2.82. The molecule has 1 heterocycles. The van der Waals surface area contributed by atoms with E-state index in [0.29, 0.717) is 6.54 Å². The van der Waals surface area contributed by atoms with Crippen LogP contribution >= 0.6 is 0 Å². The predicted molar refractivity (Wildman–Crippen MR) is 72.9 cm³/mol. The van der Waals surface area contributed by atoms with Gasteiger partial charge in [-0.15, -0.1) is 0 Å². The number of nitrogens with one attached hydrogen (secondary N) is 1. The van der Waals surface area contributed by atoms with Crippen LogP contribution in [0.3, 0.4) is 0 Å². The van der Waals surface area contributed by atoms with Gasteiger partial charge in [0, 0.05) is 25.3 Å². The first-order valence-electron chi connectivity index (χ1n) is 6.62. The van der Waals surface area contributed by atoms with E-state index >= 15 is 0 Å². The summed E-state index contributed by atoms with van der Waals surface area (Å²) in [5, 5.41) is 3.91. The van der Waals surface area contributed by atoms with Crippen LogP contribution in [-0.2, 0) is 17.1 Å².